The predicted molar refractivity (Wildman–Crippen MR) is 124 cm³/mol. The van der Waals surface area contributed by atoms with Crippen LogP contribution in [-0.2, 0) is 15.5 Å². The molecule has 164 valence electrons. The third-order valence-electron chi connectivity index (χ3n) is 6.73. The quantitative estimate of drug-likeness (QED) is 0.241. The molecule has 0 aliphatic carbocycles. The summed E-state index contributed by atoms with van der Waals surface area (Å²) in [6.45, 7) is 8.41. The van der Waals surface area contributed by atoms with Crippen LogP contribution in [0.1, 0.15) is 84.6 Å². The van der Waals surface area contributed by atoms with E-state index in [2.05, 4.69) is 32.9 Å². The van der Waals surface area contributed by atoms with Crippen molar-refractivity contribution in [3.05, 3.63) is 42.0 Å². The van der Waals surface area contributed by atoms with E-state index in [1.807, 2.05) is 35.8 Å². The third kappa shape index (κ3) is 5.62. The Morgan fingerprint density at radius 1 is 0.968 bits per heavy atom. The number of benzene rings is 2. The van der Waals surface area contributed by atoms with E-state index in [0.29, 0.717) is 6.42 Å². The number of hydrogen-bond donors (Lipinski definition) is 0. The summed E-state index contributed by atoms with van der Waals surface area (Å²) in [6.07, 6.45) is 8.07. The van der Waals surface area contributed by atoms with Crippen LogP contribution in [0.25, 0.3) is 10.8 Å². The van der Waals surface area contributed by atoms with Gasteiger partial charge in [0.15, 0.2) is 15.8 Å². The molecule has 0 radical (unpaired) electrons. The van der Waals surface area contributed by atoms with E-state index in [4.69, 9.17) is 0 Å². The number of nitrogens with zero attached hydrogens (tertiary/aromatic N) is 1. The second kappa shape index (κ2) is 10.9. The molecule has 0 fully saturated rings. The summed E-state index contributed by atoms with van der Waals surface area (Å²) in [6, 6.07) is 12.2. The second-order valence-corrected chi connectivity index (χ2v) is 10.6. The Kier molecular flexibility index (Phi) is 9.36. The van der Waals surface area contributed by atoms with E-state index in [1.54, 1.807) is 0 Å². The predicted octanol–water partition coefficient (Wildman–Crippen LogP) is 3.25. The van der Waals surface area contributed by atoms with Crippen LogP contribution in [0.3, 0.4) is 0 Å². The molecule has 3 rings (SSSR count). The first-order valence-electron chi connectivity index (χ1n) is 11.3. The van der Waals surface area contributed by atoms with E-state index < -0.39 is 15.5 Å². The normalized spacial score (nSPS) is 16.3. The maximum absolute atomic E-state index is 12.3. The Bertz CT molecular complexity index is 1040. The maximum Gasteiger partial charge on any atom is 1.00 e. The zero-order chi connectivity index (χ0) is 21.9. The van der Waals surface area contributed by atoms with Gasteiger partial charge in [-0.15, -0.1) is 0 Å². The van der Waals surface area contributed by atoms with Crippen LogP contribution in [-0.4, -0.2) is 28.6 Å². The molecular weight excluding hydrogens is 417 g/mol. The summed E-state index contributed by atoms with van der Waals surface area (Å²) in [7, 11) is -4.47. The molecule has 1 aliphatic rings. The molecule has 0 amide bonds. The summed E-state index contributed by atoms with van der Waals surface area (Å²) < 4.78 is 38.8. The van der Waals surface area contributed by atoms with E-state index in [0.717, 1.165) is 47.0 Å². The SMILES string of the molecule is CCCCCCCCCC([N+]1=C(C)C(C)(C)c2c1ccc1ccccc21)S(=O)(=O)[O-].[Na+]. The molecule has 6 heteroatoms. The fourth-order valence-corrected chi connectivity index (χ4v) is 5.82. The van der Waals surface area contributed by atoms with Crippen molar-refractivity contribution in [2.75, 3.05) is 0 Å². The van der Waals surface area contributed by atoms with Gasteiger partial charge in [0.2, 0.25) is 11.1 Å². The summed E-state index contributed by atoms with van der Waals surface area (Å²) in [5, 5.41) is 1.21. The van der Waals surface area contributed by atoms with Crippen LogP contribution in [0.15, 0.2) is 36.4 Å². The zero-order valence-electron chi connectivity index (χ0n) is 19.8. The van der Waals surface area contributed by atoms with Crippen molar-refractivity contribution in [2.45, 2.75) is 89.9 Å². The molecule has 31 heavy (non-hydrogen) atoms. The summed E-state index contributed by atoms with van der Waals surface area (Å²) >= 11 is 0. The summed E-state index contributed by atoms with van der Waals surface area (Å²) in [5.74, 6) is 0. The summed E-state index contributed by atoms with van der Waals surface area (Å²) in [4.78, 5) is 0. The van der Waals surface area contributed by atoms with Crippen molar-refractivity contribution in [3.63, 3.8) is 0 Å². The van der Waals surface area contributed by atoms with Crippen molar-refractivity contribution in [2.24, 2.45) is 0 Å². The average molecular weight is 453 g/mol. The Morgan fingerprint density at radius 3 is 2.23 bits per heavy atom. The van der Waals surface area contributed by atoms with E-state index >= 15 is 0 Å². The average Bonchev–Trinajstić information content (AvgIpc) is 2.89. The maximum atomic E-state index is 12.3. The molecule has 0 N–H and O–H groups in total. The first-order valence-corrected chi connectivity index (χ1v) is 12.8. The van der Waals surface area contributed by atoms with E-state index in [-0.39, 0.29) is 35.0 Å². The Morgan fingerprint density at radius 2 is 1.58 bits per heavy atom. The molecule has 2 aromatic rings. The van der Waals surface area contributed by atoms with E-state index in [9.17, 15) is 13.0 Å². The molecule has 1 unspecified atom stereocenters. The van der Waals surface area contributed by atoms with Gasteiger partial charge in [-0.25, -0.2) is 8.42 Å². The first kappa shape index (κ1) is 26.5. The first-order chi connectivity index (χ1) is 14.2. The standard InChI is InChI=1S/C25H35NO3S.Na/c1-5-6-7-8-9-10-11-16-23(30(27,28)29)26-19(2)25(3,4)24-21-15-13-12-14-20(21)17-18-22(24)26;/h12-15,17-18,23H,5-11,16H2,1-4H3;/q;+1. The molecule has 0 saturated heterocycles. The van der Waals surface area contributed by atoms with Crippen molar-refractivity contribution < 1.29 is 47.1 Å². The van der Waals surface area contributed by atoms with Crippen molar-refractivity contribution in [1.29, 1.82) is 0 Å². The minimum absolute atomic E-state index is 0. The fourth-order valence-electron chi connectivity index (χ4n) is 4.83. The Hall–Kier alpha value is -0.720. The number of fused-ring (bicyclic) bond motifs is 3. The monoisotopic (exact) mass is 452 g/mol. The minimum atomic E-state index is -4.47. The molecule has 0 saturated carbocycles. The van der Waals surface area contributed by atoms with Crippen molar-refractivity contribution in [1.82, 2.24) is 0 Å². The van der Waals surface area contributed by atoms with Gasteiger partial charge in [0.05, 0.1) is 5.41 Å². The summed E-state index contributed by atoms with van der Waals surface area (Å²) in [5.41, 5.74) is 2.58. The van der Waals surface area contributed by atoms with E-state index in [1.165, 1.54) is 25.7 Å². The van der Waals surface area contributed by atoms with Crippen molar-refractivity contribution >= 4 is 32.3 Å². The van der Waals surface area contributed by atoms with Crippen LogP contribution in [0.5, 0.6) is 0 Å². The Balaban J connectivity index is 0.00000341. The van der Waals surface area contributed by atoms with Gasteiger partial charge in [0, 0.05) is 25.0 Å². The molecule has 1 atom stereocenters. The zero-order valence-corrected chi connectivity index (χ0v) is 22.6. The van der Waals surface area contributed by atoms with Gasteiger partial charge in [-0.1, -0.05) is 69.7 Å². The molecule has 2 aromatic carbocycles. The van der Waals surface area contributed by atoms with Gasteiger partial charge >= 0.3 is 29.6 Å². The van der Waals surface area contributed by atoms with Crippen LogP contribution < -0.4 is 29.6 Å². The number of rotatable bonds is 10. The molecule has 0 aromatic heterocycles. The second-order valence-electron chi connectivity index (χ2n) is 9.12. The topological polar surface area (TPSA) is 60.2 Å². The largest absolute Gasteiger partial charge is 1.00 e. The fraction of sp³-hybridized carbons (Fsp3) is 0.560. The van der Waals surface area contributed by atoms with Crippen LogP contribution in [0, 0.1) is 0 Å². The number of hydrogen-bond acceptors (Lipinski definition) is 3. The smallest absolute Gasteiger partial charge is 0.743 e. The molecule has 1 heterocycles. The van der Waals surface area contributed by atoms with Gasteiger partial charge < -0.3 is 4.55 Å². The molecule has 0 bridgehead atoms. The van der Waals surface area contributed by atoms with Crippen LogP contribution in [0.2, 0.25) is 0 Å². The Labute approximate surface area is 210 Å². The van der Waals surface area contributed by atoms with Gasteiger partial charge in [0.25, 0.3) is 0 Å². The molecule has 1 aliphatic heterocycles. The van der Waals surface area contributed by atoms with Gasteiger partial charge in [-0.3, -0.25) is 0 Å². The van der Waals surface area contributed by atoms with Gasteiger partial charge in [-0.2, -0.15) is 4.58 Å². The van der Waals surface area contributed by atoms with Gasteiger partial charge in [0.1, 0.15) is 0 Å². The minimum Gasteiger partial charge on any atom is -0.743 e. The third-order valence-corrected chi connectivity index (χ3v) is 7.85. The molecular formula is C25H35NNaO3S+. The molecule has 0 spiro atoms. The molecule has 4 nitrogen and oxygen atoms in total. The van der Waals surface area contributed by atoms with Gasteiger partial charge in [-0.05, 0) is 37.1 Å². The van der Waals surface area contributed by atoms with Crippen molar-refractivity contribution in [3.8, 4) is 0 Å². The van der Waals surface area contributed by atoms with Crippen LogP contribution in [0.4, 0.5) is 5.69 Å². The van der Waals surface area contributed by atoms with Crippen LogP contribution >= 0.6 is 0 Å². The number of unbranched alkanes of at least 4 members (excludes halogenated alkanes) is 6.